The van der Waals surface area contributed by atoms with Crippen molar-refractivity contribution in [1.29, 1.82) is 0 Å². The number of hydrogen-bond acceptors (Lipinski definition) is 2. The van der Waals surface area contributed by atoms with Gasteiger partial charge in [-0.15, -0.1) is 0 Å². The van der Waals surface area contributed by atoms with Crippen LogP contribution in [0.4, 0.5) is 0 Å². The van der Waals surface area contributed by atoms with Gasteiger partial charge in [-0.1, -0.05) is 65.2 Å². The third-order valence-electron chi connectivity index (χ3n) is 4.83. The lowest BCUT2D eigenvalue weighted by Crippen LogP contribution is -2.17. The van der Waals surface area contributed by atoms with Crippen molar-refractivity contribution in [2.24, 2.45) is 5.10 Å². The first-order chi connectivity index (χ1) is 14.5. The van der Waals surface area contributed by atoms with Gasteiger partial charge in [-0.05, 0) is 42.8 Å². The second-order valence-corrected chi connectivity index (χ2v) is 7.88. The highest BCUT2D eigenvalue weighted by molar-refractivity contribution is 6.35. The third-order valence-corrected chi connectivity index (χ3v) is 5.41. The number of rotatable bonds is 5. The number of aryl methyl sites for hydroxylation is 1. The van der Waals surface area contributed by atoms with E-state index in [0.29, 0.717) is 22.2 Å². The van der Waals surface area contributed by atoms with E-state index in [2.05, 4.69) is 15.1 Å². The SMILES string of the molecule is Cc1cccc(C(=O)N/N=C\c2cn(Cc3ccc(Cl)cc3Cl)c3ccccc23)c1. The molecule has 0 fully saturated rings. The van der Waals surface area contributed by atoms with Crippen molar-refractivity contribution >= 4 is 46.2 Å². The zero-order valence-electron chi connectivity index (χ0n) is 16.3. The first kappa shape index (κ1) is 20.2. The Bertz CT molecular complexity index is 1260. The van der Waals surface area contributed by atoms with Crippen molar-refractivity contribution in [3.8, 4) is 0 Å². The third kappa shape index (κ3) is 4.40. The number of para-hydroxylation sites is 1. The van der Waals surface area contributed by atoms with Crippen molar-refractivity contribution in [3.05, 3.63) is 105 Å². The molecule has 6 heteroatoms. The van der Waals surface area contributed by atoms with Gasteiger partial charge in [0.2, 0.25) is 0 Å². The molecule has 30 heavy (non-hydrogen) atoms. The van der Waals surface area contributed by atoms with E-state index in [1.165, 1.54) is 0 Å². The molecule has 4 nitrogen and oxygen atoms in total. The van der Waals surface area contributed by atoms with E-state index >= 15 is 0 Å². The van der Waals surface area contributed by atoms with E-state index < -0.39 is 0 Å². The topological polar surface area (TPSA) is 46.4 Å². The fourth-order valence-corrected chi connectivity index (χ4v) is 3.82. The molecular formula is C24H19Cl2N3O. The molecule has 0 unspecified atom stereocenters. The minimum atomic E-state index is -0.244. The lowest BCUT2D eigenvalue weighted by Gasteiger charge is -2.08. The van der Waals surface area contributed by atoms with E-state index in [1.807, 2.05) is 67.7 Å². The van der Waals surface area contributed by atoms with Gasteiger partial charge < -0.3 is 4.57 Å². The van der Waals surface area contributed by atoms with Crippen LogP contribution in [0, 0.1) is 6.92 Å². The van der Waals surface area contributed by atoms with Gasteiger partial charge in [0.15, 0.2) is 0 Å². The molecule has 0 saturated heterocycles. The predicted octanol–water partition coefficient (Wildman–Crippen LogP) is 6.07. The first-order valence-corrected chi connectivity index (χ1v) is 10.2. The number of aromatic nitrogens is 1. The number of fused-ring (bicyclic) bond motifs is 1. The van der Waals surface area contributed by atoms with Gasteiger partial charge in [0.25, 0.3) is 5.91 Å². The average Bonchev–Trinajstić information content (AvgIpc) is 3.08. The molecule has 0 bridgehead atoms. The van der Waals surface area contributed by atoms with E-state index in [4.69, 9.17) is 23.2 Å². The van der Waals surface area contributed by atoms with E-state index in [0.717, 1.165) is 27.6 Å². The number of halogens is 2. The van der Waals surface area contributed by atoms with Crippen molar-refractivity contribution < 1.29 is 4.79 Å². The summed E-state index contributed by atoms with van der Waals surface area (Å²) >= 11 is 12.4. The van der Waals surface area contributed by atoms with Crippen LogP contribution in [-0.2, 0) is 6.54 Å². The van der Waals surface area contributed by atoms with E-state index in [9.17, 15) is 4.79 Å². The second kappa shape index (κ2) is 8.74. The maximum absolute atomic E-state index is 12.3. The number of hydrogen-bond donors (Lipinski definition) is 1. The number of benzene rings is 3. The number of nitrogens with zero attached hydrogens (tertiary/aromatic N) is 2. The van der Waals surface area contributed by atoms with Crippen molar-refractivity contribution in [3.63, 3.8) is 0 Å². The molecule has 4 rings (SSSR count). The van der Waals surface area contributed by atoms with Crippen LogP contribution in [-0.4, -0.2) is 16.7 Å². The lowest BCUT2D eigenvalue weighted by molar-refractivity contribution is 0.0955. The summed E-state index contributed by atoms with van der Waals surface area (Å²) in [5, 5.41) is 6.44. The molecule has 0 atom stereocenters. The summed E-state index contributed by atoms with van der Waals surface area (Å²) in [4.78, 5) is 12.3. The van der Waals surface area contributed by atoms with Gasteiger partial charge in [-0.3, -0.25) is 4.79 Å². The maximum atomic E-state index is 12.3. The highest BCUT2D eigenvalue weighted by Crippen LogP contribution is 2.25. The Hall–Kier alpha value is -3.08. The summed E-state index contributed by atoms with van der Waals surface area (Å²) in [5.41, 5.74) is 7.12. The smallest absolute Gasteiger partial charge is 0.271 e. The lowest BCUT2D eigenvalue weighted by atomic mass is 10.1. The standard InChI is InChI=1S/C24H19Cl2N3O/c1-16-5-4-6-17(11-16)24(30)28-27-13-19-15-29(23-8-3-2-7-21(19)23)14-18-9-10-20(25)12-22(18)26/h2-13,15H,14H2,1H3,(H,28,30)/b27-13-. The largest absolute Gasteiger partial charge is 0.342 e. The second-order valence-electron chi connectivity index (χ2n) is 7.03. The molecular weight excluding hydrogens is 417 g/mol. The molecule has 150 valence electrons. The fourth-order valence-electron chi connectivity index (χ4n) is 3.35. The van der Waals surface area contributed by atoms with Gasteiger partial charge in [-0.2, -0.15) is 5.10 Å². The minimum Gasteiger partial charge on any atom is -0.342 e. The van der Waals surface area contributed by atoms with Crippen LogP contribution in [0.25, 0.3) is 10.9 Å². The van der Waals surface area contributed by atoms with Gasteiger partial charge in [0.1, 0.15) is 0 Å². The van der Waals surface area contributed by atoms with Gasteiger partial charge in [-0.25, -0.2) is 5.43 Å². The van der Waals surface area contributed by atoms with E-state index in [-0.39, 0.29) is 5.91 Å². The molecule has 1 heterocycles. The Labute approximate surface area is 184 Å². The van der Waals surface area contributed by atoms with Crippen LogP contribution in [0.1, 0.15) is 27.0 Å². The van der Waals surface area contributed by atoms with Crippen molar-refractivity contribution in [2.45, 2.75) is 13.5 Å². The first-order valence-electron chi connectivity index (χ1n) is 9.43. The zero-order chi connectivity index (χ0) is 21.1. The highest BCUT2D eigenvalue weighted by Gasteiger charge is 2.10. The minimum absolute atomic E-state index is 0.244. The summed E-state index contributed by atoms with van der Waals surface area (Å²) in [7, 11) is 0. The molecule has 1 N–H and O–H groups in total. The molecule has 0 aliphatic carbocycles. The molecule has 0 radical (unpaired) electrons. The molecule has 0 saturated carbocycles. The highest BCUT2D eigenvalue weighted by atomic mass is 35.5. The van der Waals surface area contributed by atoms with Crippen LogP contribution in [0.3, 0.4) is 0 Å². The van der Waals surface area contributed by atoms with Gasteiger partial charge in [0, 0.05) is 44.8 Å². The van der Waals surface area contributed by atoms with Crippen LogP contribution >= 0.6 is 23.2 Å². The summed E-state index contributed by atoms with van der Waals surface area (Å²) < 4.78 is 2.11. The zero-order valence-corrected chi connectivity index (χ0v) is 17.8. The molecule has 1 aromatic heterocycles. The summed E-state index contributed by atoms with van der Waals surface area (Å²) in [5.74, 6) is -0.244. The number of nitrogens with one attached hydrogen (secondary N) is 1. The van der Waals surface area contributed by atoms with Crippen molar-refractivity contribution in [1.82, 2.24) is 9.99 Å². The Morgan fingerprint density at radius 1 is 1.07 bits per heavy atom. The van der Waals surface area contributed by atoms with Gasteiger partial charge >= 0.3 is 0 Å². The van der Waals surface area contributed by atoms with E-state index in [1.54, 1.807) is 18.3 Å². The summed E-state index contributed by atoms with van der Waals surface area (Å²) in [6.45, 7) is 2.54. The molecule has 0 aliphatic heterocycles. The monoisotopic (exact) mass is 435 g/mol. The molecule has 1 amide bonds. The van der Waals surface area contributed by atoms with Crippen LogP contribution in [0.15, 0.2) is 78.0 Å². The number of amides is 1. The van der Waals surface area contributed by atoms with Crippen LogP contribution in [0.5, 0.6) is 0 Å². The number of hydrazone groups is 1. The molecule has 0 spiro atoms. The quantitative estimate of drug-likeness (QED) is 0.300. The Balaban J connectivity index is 1.59. The molecule has 3 aromatic carbocycles. The van der Waals surface area contributed by atoms with Gasteiger partial charge in [0.05, 0.1) is 6.21 Å². The Morgan fingerprint density at radius 3 is 2.70 bits per heavy atom. The molecule has 0 aliphatic rings. The Kier molecular flexibility index (Phi) is 5.88. The van der Waals surface area contributed by atoms with Crippen LogP contribution in [0.2, 0.25) is 10.0 Å². The Morgan fingerprint density at radius 2 is 1.90 bits per heavy atom. The molecule has 4 aromatic rings. The number of carbonyl (C=O) groups excluding carboxylic acids is 1. The average molecular weight is 436 g/mol. The maximum Gasteiger partial charge on any atom is 0.271 e. The fraction of sp³-hybridized carbons (Fsp3) is 0.0833. The summed E-state index contributed by atoms with van der Waals surface area (Å²) in [6, 6.07) is 20.9. The normalized spacial score (nSPS) is 11.3. The number of carbonyl (C=O) groups is 1. The van der Waals surface area contributed by atoms with Crippen LogP contribution < -0.4 is 5.43 Å². The summed E-state index contributed by atoms with van der Waals surface area (Å²) in [6.07, 6.45) is 3.66. The predicted molar refractivity (Wildman–Crippen MR) is 124 cm³/mol. The van der Waals surface area contributed by atoms with Crippen molar-refractivity contribution in [2.75, 3.05) is 0 Å².